The highest BCUT2D eigenvalue weighted by Gasteiger charge is 2.21. The first kappa shape index (κ1) is 14.7. The Morgan fingerprint density at radius 2 is 2.15 bits per heavy atom. The van der Waals surface area contributed by atoms with Gasteiger partial charge in [-0.3, -0.25) is 4.72 Å². The Labute approximate surface area is 122 Å². The summed E-state index contributed by atoms with van der Waals surface area (Å²) >= 11 is 5.95. The molecule has 1 heterocycles. The molecule has 0 aliphatic rings. The van der Waals surface area contributed by atoms with Crippen LogP contribution in [0.5, 0.6) is 0 Å². The van der Waals surface area contributed by atoms with E-state index in [9.17, 15) is 8.42 Å². The van der Waals surface area contributed by atoms with Gasteiger partial charge in [0.25, 0.3) is 10.0 Å². The van der Waals surface area contributed by atoms with Crippen LogP contribution in [0.2, 0.25) is 5.02 Å². The normalized spacial score (nSPS) is 11.6. The predicted molar refractivity (Wildman–Crippen MR) is 79.3 cm³/mol. The molecule has 0 saturated carbocycles. The molecule has 2 aromatic rings. The summed E-state index contributed by atoms with van der Waals surface area (Å²) in [4.78, 5) is 4.04. The molecule has 1 aromatic heterocycles. The molecule has 0 bridgehead atoms. The zero-order valence-electron chi connectivity index (χ0n) is 11.1. The second-order valence-corrected chi connectivity index (χ2v) is 6.26. The molecule has 0 amide bonds. The summed E-state index contributed by atoms with van der Waals surface area (Å²) in [5.41, 5.74) is 6.15. The van der Waals surface area contributed by atoms with Crippen LogP contribution in [-0.2, 0) is 16.6 Å². The van der Waals surface area contributed by atoms with Crippen molar-refractivity contribution in [1.82, 2.24) is 9.55 Å². The molecule has 0 unspecified atom stereocenters. The molecule has 20 heavy (non-hydrogen) atoms. The van der Waals surface area contributed by atoms with Gasteiger partial charge < -0.3 is 10.3 Å². The van der Waals surface area contributed by atoms with Crippen LogP contribution in [0.25, 0.3) is 0 Å². The molecular formula is C12H15ClN4O2S. The summed E-state index contributed by atoms with van der Waals surface area (Å²) in [6, 6.07) is 4.77. The van der Waals surface area contributed by atoms with Gasteiger partial charge in [-0.1, -0.05) is 17.7 Å². The van der Waals surface area contributed by atoms with E-state index in [4.69, 9.17) is 17.3 Å². The van der Waals surface area contributed by atoms with Crippen molar-refractivity contribution in [2.24, 2.45) is 0 Å². The van der Waals surface area contributed by atoms with Crippen molar-refractivity contribution < 1.29 is 8.42 Å². The fourth-order valence-electron chi connectivity index (χ4n) is 1.76. The average Bonchev–Trinajstić information content (AvgIpc) is 2.76. The van der Waals surface area contributed by atoms with Crippen molar-refractivity contribution in [3.63, 3.8) is 0 Å². The number of sulfonamides is 1. The zero-order valence-corrected chi connectivity index (χ0v) is 12.7. The maximum Gasteiger partial charge on any atom is 0.281 e. The van der Waals surface area contributed by atoms with Crippen molar-refractivity contribution >= 4 is 33.0 Å². The number of benzene rings is 1. The number of halogens is 1. The Morgan fingerprint density at radius 3 is 2.70 bits per heavy atom. The second kappa shape index (κ2) is 5.34. The number of para-hydroxylation sites is 1. The number of hydrogen-bond donors (Lipinski definition) is 2. The monoisotopic (exact) mass is 314 g/mol. The van der Waals surface area contributed by atoms with Crippen LogP contribution in [0, 0.1) is 6.92 Å². The minimum absolute atomic E-state index is 0.0591. The molecule has 0 atom stereocenters. The van der Waals surface area contributed by atoms with E-state index in [2.05, 4.69) is 9.71 Å². The third-order valence-electron chi connectivity index (χ3n) is 2.85. The maximum atomic E-state index is 12.3. The van der Waals surface area contributed by atoms with E-state index in [1.807, 2.05) is 6.92 Å². The minimum Gasteiger partial charge on any atom is -0.397 e. The fraction of sp³-hybridized carbons (Fsp3) is 0.250. The Morgan fingerprint density at radius 1 is 1.45 bits per heavy atom. The number of hydrogen-bond acceptors (Lipinski definition) is 4. The fourth-order valence-corrected chi connectivity index (χ4v) is 3.17. The smallest absolute Gasteiger partial charge is 0.281 e. The number of nitrogens with two attached hydrogens (primary N) is 1. The van der Waals surface area contributed by atoms with Gasteiger partial charge in [0.15, 0.2) is 5.03 Å². The Bertz CT molecular complexity index is 720. The molecular weight excluding hydrogens is 300 g/mol. The molecule has 8 heteroatoms. The van der Waals surface area contributed by atoms with Gasteiger partial charge in [-0.25, -0.2) is 4.98 Å². The number of rotatable bonds is 4. The van der Waals surface area contributed by atoms with Gasteiger partial charge in [0.05, 0.1) is 16.4 Å². The maximum absolute atomic E-state index is 12.3. The first-order valence-electron chi connectivity index (χ1n) is 5.95. The number of aromatic nitrogens is 2. The predicted octanol–water partition coefficient (Wildman–Crippen LogP) is 2.25. The highest BCUT2D eigenvalue weighted by Crippen LogP contribution is 2.29. The Hall–Kier alpha value is -1.73. The minimum atomic E-state index is -3.82. The molecule has 6 nitrogen and oxygen atoms in total. The lowest BCUT2D eigenvalue weighted by atomic mass is 10.3. The zero-order chi connectivity index (χ0) is 14.9. The number of nitrogens with one attached hydrogen (secondary N) is 1. The van der Waals surface area contributed by atoms with Crippen LogP contribution in [0.1, 0.15) is 12.7 Å². The number of imidazole rings is 1. The van der Waals surface area contributed by atoms with E-state index < -0.39 is 10.0 Å². The van der Waals surface area contributed by atoms with E-state index in [-0.39, 0.29) is 21.4 Å². The van der Waals surface area contributed by atoms with Gasteiger partial charge >= 0.3 is 0 Å². The SMILES string of the molecule is CCn1cc(S(=O)(=O)Nc2c(N)cccc2Cl)nc1C. The quantitative estimate of drug-likeness (QED) is 0.847. The van der Waals surface area contributed by atoms with E-state index in [0.29, 0.717) is 12.4 Å². The summed E-state index contributed by atoms with van der Waals surface area (Å²) < 4.78 is 28.7. The molecule has 0 aliphatic heterocycles. The van der Waals surface area contributed by atoms with E-state index >= 15 is 0 Å². The van der Waals surface area contributed by atoms with Crippen molar-refractivity contribution in [1.29, 1.82) is 0 Å². The average molecular weight is 315 g/mol. The van der Waals surface area contributed by atoms with E-state index in [1.54, 1.807) is 29.7 Å². The highest BCUT2D eigenvalue weighted by atomic mass is 35.5. The molecule has 0 aliphatic carbocycles. The summed E-state index contributed by atoms with van der Waals surface area (Å²) in [6.07, 6.45) is 1.48. The Balaban J connectivity index is 2.41. The number of anilines is 2. The standard InChI is InChI=1S/C12H15ClN4O2S/c1-3-17-7-11(15-8(17)2)20(18,19)16-12-9(13)5-4-6-10(12)14/h4-7,16H,3,14H2,1-2H3. The molecule has 0 saturated heterocycles. The molecule has 3 N–H and O–H groups in total. The van der Waals surface area contributed by atoms with Crippen LogP contribution in [0.4, 0.5) is 11.4 Å². The van der Waals surface area contributed by atoms with Crippen LogP contribution in [0.3, 0.4) is 0 Å². The lowest BCUT2D eigenvalue weighted by molar-refractivity contribution is 0.598. The highest BCUT2D eigenvalue weighted by molar-refractivity contribution is 7.92. The molecule has 0 spiro atoms. The molecule has 0 fully saturated rings. The molecule has 108 valence electrons. The van der Waals surface area contributed by atoms with Gasteiger partial charge in [-0.15, -0.1) is 0 Å². The summed E-state index contributed by atoms with van der Waals surface area (Å²) in [5, 5.41) is 0.177. The van der Waals surface area contributed by atoms with Crippen molar-refractivity contribution in [3.8, 4) is 0 Å². The van der Waals surface area contributed by atoms with E-state index in [1.165, 1.54) is 6.20 Å². The molecule has 2 rings (SSSR count). The van der Waals surface area contributed by atoms with Crippen LogP contribution in [0.15, 0.2) is 29.4 Å². The first-order valence-corrected chi connectivity index (χ1v) is 7.82. The van der Waals surface area contributed by atoms with Crippen LogP contribution < -0.4 is 10.5 Å². The van der Waals surface area contributed by atoms with Gasteiger partial charge in [0, 0.05) is 12.7 Å². The first-order chi connectivity index (χ1) is 9.35. The lowest BCUT2D eigenvalue weighted by Gasteiger charge is -2.10. The van der Waals surface area contributed by atoms with Crippen LogP contribution >= 0.6 is 11.6 Å². The van der Waals surface area contributed by atoms with E-state index in [0.717, 1.165) is 0 Å². The largest absolute Gasteiger partial charge is 0.397 e. The van der Waals surface area contributed by atoms with Gasteiger partial charge in [0.1, 0.15) is 5.82 Å². The molecule has 1 aromatic carbocycles. The third-order valence-corrected chi connectivity index (χ3v) is 4.39. The Kier molecular flexibility index (Phi) is 3.92. The number of nitrogens with zero attached hydrogens (tertiary/aromatic N) is 2. The topological polar surface area (TPSA) is 90.0 Å². The summed E-state index contributed by atoms with van der Waals surface area (Å²) in [5.74, 6) is 0.625. The number of aryl methyl sites for hydroxylation is 2. The number of nitrogen functional groups attached to an aromatic ring is 1. The van der Waals surface area contributed by atoms with Gasteiger partial charge in [0.2, 0.25) is 0 Å². The van der Waals surface area contributed by atoms with Crippen molar-refractivity contribution in [2.75, 3.05) is 10.5 Å². The second-order valence-electron chi connectivity index (χ2n) is 4.22. The third kappa shape index (κ3) is 2.73. The summed E-state index contributed by atoms with van der Waals surface area (Å²) in [6.45, 7) is 4.29. The molecule has 0 radical (unpaired) electrons. The van der Waals surface area contributed by atoms with Crippen molar-refractivity contribution in [2.45, 2.75) is 25.4 Å². The van der Waals surface area contributed by atoms with Gasteiger partial charge in [-0.05, 0) is 26.0 Å². The summed E-state index contributed by atoms with van der Waals surface area (Å²) in [7, 11) is -3.82. The lowest BCUT2D eigenvalue weighted by Crippen LogP contribution is -2.15. The van der Waals surface area contributed by atoms with Crippen molar-refractivity contribution in [3.05, 3.63) is 35.2 Å². The van der Waals surface area contributed by atoms with Crippen LogP contribution in [-0.4, -0.2) is 18.0 Å². The van der Waals surface area contributed by atoms with Gasteiger partial charge in [-0.2, -0.15) is 8.42 Å².